The lowest BCUT2D eigenvalue weighted by Gasteiger charge is -2.28. The molecule has 3 N–H and O–H groups in total. The molecule has 0 aliphatic heterocycles. The van der Waals surface area contributed by atoms with Gasteiger partial charge < -0.3 is 10.8 Å². The Morgan fingerprint density at radius 2 is 1.65 bits per heavy atom. The highest BCUT2D eigenvalue weighted by Crippen LogP contribution is 2.29. The van der Waals surface area contributed by atoms with Crippen molar-refractivity contribution in [3.05, 3.63) is 71.3 Å². The van der Waals surface area contributed by atoms with E-state index in [1.807, 2.05) is 42.5 Å². The Hall–Kier alpha value is -1.64. The monoisotopic (exact) mass is 269 g/mol. The van der Waals surface area contributed by atoms with Crippen molar-refractivity contribution in [2.24, 2.45) is 11.7 Å². The van der Waals surface area contributed by atoms with Crippen LogP contribution < -0.4 is 5.73 Å². The number of aliphatic hydroxyl groups is 1. The van der Waals surface area contributed by atoms with E-state index < -0.39 is 5.60 Å². The molecule has 0 aromatic heterocycles. The van der Waals surface area contributed by atoms with Crippen LogP contribution in [0.4, 0.5) is 0 Å². The molecule has 0 radical (unpaired) electrons. The maximum atomic E-state index is 11.0. The fraction of sp³-hybridized carbons (Fsp3) is 0.333. The van der Waals surface area contributed by atoms with Gasteiger partial charge in [-0.15, -0.1) is 0 Å². The Morgan fingerprint density at radius 3 is 2.25 bits per heavy atom. The summed E-state index contributed by atoms with van der Waals surface area (Å²) in [5, 5.41) is 11.0. The maximum Gasteiger partial charge on any atom is 0.127 e. The predicted octanol–water partition coefficient (Wildman–Crippen LogP) is 3.08. The highest BCUT2D eigenvalue weighted by molar-refractivity contribution is 5.38. The van der Waals surface area contributed by atoms with Crippen LogP contribution in [0, 0.1) is 5.92 Å². The van der Waals surface area contributed by atoms with E-state index in [1.165, 1.54) is 5.56 Å². The minimum absolute atomic E-state index is 0.169. The average molecular weight is 269 g/mol. The molecule has 0 aliphatic carbocycles. The highest BCUT2D eigenvalue weighted by atomic mass is 16.3. The number of benzene rings is 2. The van der Waals surface area contributed by atoms with Crippen molar-refractivity contribution in [3.8, 4) is 0 Å². The molecule has 0 fully saturated rings. The van der Waals surface area contributed by atoms with Crippen molar-refractivity contribution in [3.63, 3.8) is 0 Å². The van der Waals surface area contributed by atoms with Crippen molar-refractivity contribution in [2.75, 3.05) is 6.54 Å². The van der Waals surface area contributed by atoms with Gasteiger partial charge in [-0.1, -0.05) is 68.4 Å². The van der Waals surface area contributed by atoms with Crippen molar-refractivity contribution in [2.45, 2.75) is 25.9 Å². The molecule has 2 heteroatoms. The third-order valence-electron chi connectivity index (χ3n) is 3.60. The van der Waals surface area contributed by atoms with Gasteiger partial charge in [0.15, 0.2) is 0 Å². The first-order valence-corrected chi connectivity index (χ1v) is 7.13. The van der Waals surface area contributed by atoms with Crippen LogP contribution in [0.25, 0.3) is 0 Å². The number of rotatable bonds is 5. The molecule has 0 bridgehead atoms. The van der Waals surface area contributed by atoms with E-state index in [9.17, 15) is 5.11 Å². The van der Waals surface area contributed by atoms with E-state index in [2.05, 4.69) is 26.0 Å². The van der Waals surface area contributed by atoms with Gasteiger partial charge in [0.1, 0.15) is 5.60 Å². The zero-order valence-corrected chi connectivity index (χ0v) is 12.2. The van der Waals surface area contributed by atoms with Crippen LogP contribution in [0.3, 0.4) is 0 Å². The average Bonchev–Trinajstić information content (AvgIpc) is 2.47. The first-order chi connectivity index (χ1) is 9.56. The third kappa shape index (κ3) is 3.09. The van der Waals surface area contributed by atoms with Crippen LogP contribution in [0.5, 0.6) is 0 Å². The topological polar surface area (TPSA) is 46.2 Å². The van der Waals surface area contributed by atoms with Crippen molar-refractivity contribution < 1.29 is 5.11 Å². The van der Waals surface area contributed by atoms with Gasteiger partial charge in [0.25, 0.3) is 0 Å². The zero-order valence-electron chi connectivity index (χ0n) is 12.2. The van der Waals surface area contributed by atoms with Crippen LogP contribution in [0.1, 0.15) is 30.5 Å². The summed E-state index contributed by atoms with van der Waals surface area (Å²) in [6.07, 6.45) is 1.00. The molecule has 106 valence electrons. The predicted molar refractivity (Wildman–Crippen MR) is 83.5 cm³/mol. The molecule has 0 heterocycles. The minimum atomic E-state index is -1.12. The van der Waals surface area contributed by atoms with Crippen molar-refractivity contribution in [1.82, 2.24) is 0 Å². The van der Waals surface area contributed by atoms with Crippen molar-refractivity contribution >= 4 is 0 Å². The van der Waals surface area contributed by atoms with E-state index in [1.54, 1.807) is 0 Å². The molecule has 1 atom stereocenters. The second-order valence-corrected chi connectivity index (χ2v) is 5.73. The molecule has 0 amide bonds. The van der Waals surface area contributed by atoms with E-state index >= 15 is 0 Å². The summed E-state index contributed by atoms with van der Waals surface area (Å²) >= 11 is 0. The van der Waals surface area contributed by atoms with Gasteiger partial charge in [0.05, 0.1) is 0 Å². The normalized spacial score (nSPS) is 14.2. The van der Waals surface area contributed by atoms with E-state index in [0.717, 1.165) is 17.5 Å². The molecule has 2 aromatic carbocycles. The fourth-order valence-corrected chi connectivity index (χ4v) is 2.54. The summed E-state index contributed by atoms with van der Waals surface area (Å²) in [5.41, 5.74) is 7.69. The van der Waals surface area contributed by atoms with E-state index in [4.69, 9.17) is 5.73 Å². The largest absolute Gasteiger partial charge is 0.379 e. The maximum absolute atomic E-state index is 11.0. The molecule has 2 aromatic rings. The molecular weight excluding hydrogens is 246 g/mol. The van der Waals surface area contributed by atoms with Gasteiger partial charge in [-0.2, -0.15) is 0 Å². The summed E-state index contributed by atoms with van der Waals surface area (Å²) in [6, 6.07) is 17.7. The quantitative estimate of drug-likeness (QED) is 0.876. The van der Waals surface area contributed by atoms with Gasteiger partial charge in [0.2, 0.25) is 0 Å². The first kappa shape index (κ1) is 14.8. The number of hydrogen-bond donors (Lipinski definition) is 2. The molecule has 1 unspecified atom stereocenters. The molecule has 20 heavy (non-hydrogen) atoms. The minimum Gasteiger partial charge on any atom is -0.379 e. The summed E-state index contributed by atoms with van der Waals surface area (Å²) in [4.78, 5) is 0. The summed E-state index contributed by atoms with van der Waals surface area (Å²) in [5.74, 6) is 0.591. The van der Waals surface area contributed by atoms with Crippen LogP contribution in [0.15, 0.2) is 54.6 Å². The van der Waals surface area contributed by atoms with Gasteiger partial charge >= 0.3 is 0 Å². The standard InChI is InChI=1S/C18H23NO/c1-14(2)11-15-7-6-10-17(12-15)18(20,13-19)16-8-4-3-5-9-16/h3-10,12,14,20H,11,13,19H2,1-2H3. The Kier molecular flexibility index (Phi) is 4.58. The van der Waals surface area contributed by atoms with E-state index in [-0.39, 0.29) is 6.54 Å². The Balaban J connectivity index is 2.41. The molecule has 2 rings (SSSR count). The van der Waals surface area contributed by atoms with E-state index in [0.29, 0.717) is 5.92 Å². The number of hydrogen-bond acceptors (Lipinski definition) is 2. The summed E-state index contributed by atoms with van der Waals surface area (Å²) in [6.45, 7) is 4.56. The molecule has 0 aliphatic rings. The van der Waals surface area contributed by atoms with Gasteiger partial charge in [-0.3, -0.25) is 0 Å². The van der Waals surface area contributed by atoms with Gasteiger partial charge in [-0.05, 0) is 29.0 Å². The number of nitrogens with two attached hydrogens (primary N) is 1. The molecule has 2 nitrogen and oxygen atoms in total. The summed E-state index contributed by atoms with van der Waals surface area (Å²) in [7, 11) is 0. The molecule has 0 saturated carbocycles. The lowest BCUT2D eigenvalue weighted by atomic mass is 9.85. The van der Waals surface area contributed by atoms with Crippen LogP contribution in [0.2, 0.25) is 0 Å². The Morgan fingerprint density at radius 1 is 1.00 bits per heavy atom. The van der Waals surface area contributed by atoms with Crippen molar-refractivity contribution in [1.29, 1.82) is 0 Å². The lowest BCUT2D eigenvalue weighted by Crippen LogP contribution is -2.36. The molecule has 0 spiro atoms. The van der Waals surface area contributed by atoms with Gasteiger partial charge in [-0.25, -0.2) is 0 Å². The zero-order chi connectivity index (χ0) is 14.6. The highest BCUT2D eigenvalue weighted by Gasteiger charge is 2.29. The van der Waals surface area contributed by atoms with Crippen LogP contribution in [-0.4, -0.2) is 11.7 Å². The third-order valence-corrected chi connectivity index (χ3v) is 3.60. The summed E-state index contributed by atoms with van der Waals surface area (Å²) < 4.78 is 0. The molecule has 0 saturated heterocycles. The fourth-order valence-electron chi connectivity index (χ4n) is 2.54. The SMILES string of the molecule is CC(C)Cc1cccc(C(O)(CN)c2ccccc2)c1. The Bertz CT molecular complexity index is 550. The van der Waals surface area contributed by atoms with Gasteiger partial charge in [0, 0.05) is 6.54 Å². The second kappa shape index (κ2) is 6.21. The van der Waals surface area contributed by atoms with Crippen LogP contribution in [-0.2, 0) is 12.0 Å². The first-order valence-electron chi connectivity index (χ1n) is 7.13. The second-order valence-electron chi connectivity index (χ2n) is 5.73. The molecular formula is C18H23NO. The van der Waals surface area contributed by atoms with Crippen LogP contribution >= 0.6 is 0 Å². The smallest absolute Gasteiger partial charge is 0.127 e. The lowest BCUT2D eigenvalue weighted by molar-refractivity contribution is 0.0901. The Labute approximate surface area is 121 Å².